The monoisotopic (exact) mass is 1810 g/mol. The molecule has 2 nitrogen and oxygen atoms in total. The van der Waals surface area contributed by atoms with Crippen LogP contribution in [0.15, 0.2) is 413 Å². The van der Waals surface area contributed by atoms with Crippen LogP contribution < -0.4 is 9.64 Å². The summed E-state index contributed by atoms with van der Waals surface area (Å²) >= 11 is 0. The quantitative estimate of drug-likeness (QED) is 0.159. The van der Waals surface area contributed by atoms with E-state index in [0.717, 1.165) is 30.8 Å². The van der Waals surface area contributed by atoms with Crippen molar-refractivity contribution in [1.29, 1.82) is 0 Å². The molecule has 0 aromatic heterocycles. The zero-order valence-corrected chi connectivity index (χ0v) is 88.1. The van der Waals surface area contributed by atoms with Crippen LogP contribution in [-0.2, 0) is 37.9 Å². The Morgan fingerprint density at radius 2 is 0.420 bits per heavy atom. The summed E-state index contributed by atoms with van der Waals surface area (Å²) in [6.45, 7) is 66.5. The first-order chi connectivity index (χ1) is 65.4. The van der Waals surface area contributed by atoms with Crippen LogP contribution in [0.2, 0.25) is 0 Å². The minimum atomic E-state index is -0.0588. The number of hydrogen-bond acceptors (Lipinski definition) is 2. The normalized spacial score (nSPS) is 22.0. The second kappa shape index (κ2) is 34.5. The fraction of sp³-hybridized carbons (Fsp3) is 0.338. The van der Waals surface area contributed by atoms with Gasteiger partial charge in [0, 0.05) is 76.4 Å². The largest absolute Gasteiger partial charge is 0.457 e. The fourth-order valence-corrected chi connectivity index (χ4v) is 29.8. The molecule has 704 valence electrons. The van der Waals surface area contributed by atoms with Gasteiger partial charge < -0.3 is 9.64 Å². The van der Waals surface area contributed by atoms with E-state index in [1.807, 2.05) is 0 Å². The van der Waals surface area contributed by atoms with Gasteiger partial charge in [-0.2, -0.15) is 0 Å². The van der Waals surface area contributed by atoms with Gasteiger partial charge in [-0.3, -0.25) is 0 Å². The number of hydrogen-bond donors (Lipinski definition) is 0. The molecule has 2 atom stereocenters. The molecule has 2 heteroatoms. The van der Waals surface area contributed by atoms with Crippen molar-refractivity contribution in [2.24, 2.45) is 37.9 Å². The Bertz CT molecular complexity index is 6710. The number of para-hydroxylation sites is 5. The summed E-state index contributed by atoms with van der Waals surface area (Å²) < 4.78 is 6.19. The van der Waals surface area contributed by atoms with E-state index in [2.05, 4.69) is 545 Å². The maximum atomic E-state index is 6.19. The highest BCUT2D eigenvalue weighted by Gasteiger charge is 2.67. The van der Waals surface area contributed by atoms with Crippen molar-refractivity contribution < 1.29 is 4.74 Å². The molecule has 4 spiro atoms. The van der Waals surface area contributed by atoms with E-state index in [0.29, 0.717) is 0 Å². The SMILES string of the molecule is CC1=C(C)C(C)(C)C(c2ccccc2)(c2ccccc2)C1(C)C.CC1=C(C)C(C)(C)C2(c3ccccc3-c3ccccc32)C1(C)C.CC1=C(C)C(C)(c2ccccc2)CC1(C)c1ccccc1.CC1=C(C)C2(CC1(C)C)c1ccccc1-c1ccccc12.CC1=C(C)C2(CC1(C)C)c1ccccc1N(c1ccccc1)c1ccccc12.CC1=C(C)C2(CC1(C)C)c1ccccc1Oc1ccccc12. The van der Waals surface area contributed by atoms with E-state index in [4.69, 9.17) is 4.74 Å². The number of rotatable bonds is 5. The topological polar surface area (TPSA) is 12.5 Å². The van der Waals surface area contributed by atoms with E-state index in [1.54, 1.807) is 22.3 Å². The molecule has 23 rings (SSSR count). The predicted octanol–water partition coefficient (Wildman–Crippen LogP) is 37.5. The number of ether oxygens (including phenoxy) is 1. The summed E-state index contributed by atoms with van der Waals surface area (Å²) in [6, 6.07) is 126. The van der Waals surface area contributed by atoms with E-state index < -0.39 is 0 Å². The van der Waals surface area contributed by atoms with Crippen molar-refractivity contribution in [1.82, 2.24) is 0 Å². The van der Waals surface area contributed by atoms with Gasteiger partial charge in [-0.15, -0.1) is 0 Å². The molecule has 0 saturated heterocycles. The van der Waals surface area contributed by atoms with Gasteiger partial charge >= 0.3 is 0 Å². The Labute approximate surface area is 829 Å². The Kier molecular flexibility index (Phi) is 24.0. The zero-order chi connectivity index (χ0) is 98.5. The standard InChI is InChI=1S/C27H27N.C23H26.C23H28.C21H22O.C21H22.C21H24/c1-19-20(2)27(18-26(19,3)4)22-14-8-10-16-24(22)28(21-12-6-5-7-13-21)25-17-11-9-15-23(25)27;1-15-16(2)22(5,6)23(21(15,3)4)19-13-9-7-11-17(19)18-12-8-10-14-20(18)23;1-17-18(2)22(5,6)23(21(17,3)4,19-13-9-7-10-14-19)20-15-11-8-12-16-20;1-14-15(2)21(13-20(14,3)4)16-9-5-7-11-18(16)22-19-12-8-6-10-17(19)21;1-14-15(2)21(13-20(14,3)4)18-11-7-5-9-16(18)17-10-6-8-12-19(17)21;1-16-17(2)21(4,19-13-9-6-10-14-19)15-20(16,3)18-11-7-5-8-12-18/h5-17H,18H2,1-4H3;7-14H,1-6H3;7-16H,1-6H3;5-12H,13H2,1-4H3;5-12H,13H2,1-4H3;5-14H,15H2,1-4H3. The van der Waals surface area contributed by atoms with Crippen LogP contribution in [0.4, 0.5) is 17.1 Å². The third kappa shape index (κ3) is 13.8. The molecule has 0 fully saturated rings. The predicted molar refractivity (Wildman–Crippen MR) is 587 cm³/mol. The van der Waals surface area contributed by atoms with Gasteiger partial charge in [0.2, 0.25) is 0 Å². The first-order valence-electron chi connectivity index (χ1n) is 51.1. The molecule has 13 aromatic carbocycles. The lowest BCUT2D eigenvalue weighted by molar-refractivity contribution is 0.155. The van der Waals surface area contributed by atoms with Crippen molar-refractivity contribution in [3.05, 3.63) is 479 Å². The van der Waals surface area contributed by atoms with Crippen molar-refractivity contribution in [3.63, 3.8) is 0 Å². The highest BCUT2D eigenvalue weighted by Crippen LogP contribution is 2.75. The lowest BCUT2D eigenvalue weighted by Gasteiger charge is -2.52. The van der Waals surface area contributed by atoms with E-state index in [-0.39, 0.29) is 75.8 Å². The van der Waals surface area contributed by atoms with Gasteiger partial charge in [-0.1, -0.05) is 487 Å². The molecule has 0 bridgehead atoms. The van der Waals surface area contributed by atoms with Crippen molar-refractivity contribution >= 4 is 17.1 Å². The number of anilines is 3. The Balaban J connectivity index is 0.000000110. The van der Waals surface area contributed by atoms with Crippen molar-refractivity contribution in [2.45, 2.75) is 257 Å². The number of fused-ring (bicyclic) bond motifs is 18. The Morgan fingerprint density at radius 1 is 0.188 bits per heavy atom. The molecule has 13 aromatic rings. The second-order valence-corrected chi connectivity index (χ2v) is 46.7. The fourth-order valence-electron chi connectivity index (χ4n) is 29.8. The molecule has 2 heterocycles. The van der Waals surface area contributed by atoms with E-state index in [1.165, 1.54) is 157 Å². The van der Waals surface area contributed by atoms with Crippen molar-refractivity contribution in [3.8, 4) is 33.8 Å². The summed E-state index contributed by atoms with van der Waals surface area (Å²) in [7, 11) is 0. The molecule has 8 aliphatic carbocycles. The van der Waals surface area contributed by atoms with Gasteiger partial charge in [-0.25, -0.2) is 0 Å². The minimum Gasteiger partial charge on any atom is -0.457 e. The van der Waals surface area contributed by atoms with Crippen LogP contribution in [0.5, 0.6) is 11.5 Å². The van der Waals surface area contributed by atoms with Gasteiger partial charge in [0.15, 0.2) is 0 Å². The minimum absolute atomic E-state index is 0.0152. The van der Waals surface area contributed by atoms with Crippen LogP contribution in [0, 0.1) is 37.9 Å². The summed E-state index contributed by atoms with van der Waals surface area (Å²) in [4.78, 5) is 2.43. The van der Waals surface area contributed by atoms with Crippen molar-refractivity contribution in [2.75, 3.05) is 4.90 Å². The number of nitrogens with zero attached hydrogens (tertiary/aromatic N) is 1. The maximum absolute atomic E-state index is 6.19. The first kappa shape index (κ1) is 96.2. The average molecular weight is 1810 g/mol. The molecule has 2 aliphatic heterocycles. The molecule has 2 unspecified atom stereocenters. The smallest absolute Gasteiger partial charge is 0.131 e. The van der Waals surface area contributed by atoms with Gasteiger partial charge in [0.1, 0.15) is 11.5 Å². The molecule has 0 radical (unpaired) electrons. The molecule has 138 heavy (non-hydrogen) atoms. The van der Waals surface area contributed by atoms with E-state index >= 15 is 0 Å². The van der Waals surface area contributed by atoms with Gasteiger partial charge in [0.05, 0.1) is 11.4 Å². The Hall–Kier alpha value is -12.1. The Morgan fingerprint density at radius 3 is 0.732 bits per heavy atom. The van der Waals surface area contributed by atoms with Crippen LogP contribution >= 0.6 is 0 Å². The average Bonchev–Trinajstić information content (AvgIpc) is 1.48. The molecule has 10 aliphatic rings. The summed E-state index contributed by atoms with van der Waals surface area (Å²) in [5, 5.41) is 0. The second-order valence-electron chi connectivity index (χ2n) is 46.7. The lowest BCUT2D eigenvalue weighted by Crippen LogP contribution is -2.49. The third-order valence-corrected chi connectivity index (χ3v) is 38.7. The van der Waals surface area contributed by atoms with E-state index in [9.17, 15) is 0 Å². The summed E-state index contributed by atoms with van der Waals surface area (Å²) in [5.74, 6) is 2.01. The lowest BCUT2D eigenvalue weighted by atomic mass is 9.50. The molecule has 0 saturated carbocycles. The summed E-state index contributed by atoms with van der Waals surface area (Å²) in [6.07, 6.45) is 4.56. The highest BCUT2D eigenvalue weighted by atomic mass is 16.5. The van der Waals surface area contributed by atoms with Crippen LogP contribution in [0.1, 0.15) is 286 Å². The van der Waals surface area contributed by atoms with Crippen LogP contribution in [0.3, 0.4) is 0 Å². The highest BCUT2D eigenvalue weighted by molar-refractivity contribution is 5.89. The zero-order valence-electron chi connectivity index (χ0n) is 88.1. The summed E-state index contributed by atoms with van der Waals surface area (Å²) in [5.41, 5.74) is 46.3. The molecular weight excluding hydrogens is 1660 g/mol. The number of allylic oxidation sites excluding steroid dienone is 12. The van der Waals surface area contributed by atoms with Gasteiger partial charge in [-0.05, 0) is 239 Å². The first-order valence-corrected chi connectivity index (χ1v) is 51.1. The molecule has 0 amide bonds. The third-order valence-electron chi connectivity index (χ3n) is 38.7. The molecule has 0 N–H and O–H groups in total. The molecular formula is C136H149NO. The van der Waals surface area contributed by atoms with Gasteiger partial charge in [0.25, 0.3) is 0 Å². The van der Waals surface area contributed by atoms with Crippen LogP contribution in [0.25, 0.3) is 22.3 Å². The maximum Gasteiger partial charge on any atom is 0.131 e. The van der Waals surface area contributed by atoms with Crippen LogP contribution in [-0.4, -0.2) is 0 Å². The number of benzene rings is 13.